The highest BCUT2D eigenvalue weighted by atomic mass is 35.5. The highest BCUT2D eigenvalue weighted by Crippen LogP contribution is 2.28. The molecular weight excluding hydrogens is 262 g/mol. The summed E-state index contributed by atoms with van der Waals surface area (Å²) in [7, 11) is 0. The first-order chi connectivity index (χ1) is 9.16. The Labute approximate surface area is 119 Å². The largest absolute Gasteiger partial charge is 0.478 e. The SMILES string of the molecule is O=C(O)c1ccc(NCCCC2CCCC2)c(Cl)c1. The Morgan fingerprint density at radius 2 is 2.11 bits per heavy atom. The van der Waals surface area contributed by atoms with Crippen molar-refractivity contribution in [1.29, 1.82) is 0 Å². The molecule has 0 radical (unpaired) electrons. The normalized spacial score (nSPS) is 15.6. The summed E-state index contributed by atoms with van der Waals surface area (Å²) in [4.78, 5) is 10.8. The minimum atomic E-state index is -0.949. The minimum absolute atomic E-state index is 0.224. The fraction of sp³-hybridized carbons (Fsp3) is 0.533. The smallest absolute Gasteiger partial charge is 0.335 e. The van der Waals surface area contributed by atoms with Gasteiger partial charge in [-0.1, -0.05) is 37.3 Å². The molecule has 1 aliphatic carbocycles. The Hall–Kier alpha value is -1.22. The third-order valence-electron chi connectivity index (χ3n) is 3.80. The van der Waals surface area contributed by atoms with E-state index in [0.29, 0.717) is 5.02 Å². The van der Waals surface area contributed by atoms with Gasteiger partial charge in [0, 0.05) is 6.54 Å². The van der Waals surface area contributed by atoms with E-state index in [1.165, 1.54) is 38.2 Å². The van der Waals surface area contributed by atoms with Gasteiger partial charge in [-0.05, 0) is 37.0 Å². The van der Waals surface area contributed by atoms with Gasteiger partial charge in [-0.15, -0.1) is 0 Å². The maximum atomic E-state index is 10.8. The minimum Gasteiger partial charge on any atom is -0.478 e. The highest BCUT2D eigenvalue weighted by molar-refractivity contribution is 6.33. The zero-order valence-electron chi connectivity index (χ0n) is 11.0. The van der Waals surface area contributed by atoms with Gasteiger partial charge in [0.15, 0.2) is 0 Å². The number of benzene rings is 1. The van der Waals surface area contributed by atoms with Crippen LogP contribution in [-0.4, -0.2) is 17.6 Å². The van der Waals surface area contributed by atoms with Gasteiger partial charge in [0.25, 0.3) is 0 Å². The fourth-order valence-electron chi connectivity index (χ4n) is 2.70. The summed E-state index contributed by atoms with van der Waals surface area (Å²) in [5, 5.41) is 12.6. The van der Waals surface area contributed by atoms with Crippen LogP contribution in [-0.2, 0) is 0 Å². The second-order valence-corrected chi connectivity index (χ2v) is 5.63. The molecule has 0 saturated heterocycles. The number of hydrogen-bond donors (Lipinski definition) is 2. The molecule has 0 heterocycles. The van der Waals surface area contributed by atoms with Gasteiger partial charge >= 0.3 is 5.97 Å². The number of aromatic carboxylic acids is 1. The second kappa shape index (κ2) is 6.80. The van der Waals surface area contributed by atoms with Crippen LogP contribution in [0.4, 0.5) is 5.69 Å². The van der Waals surface area contributed by atoms with E-state index in [0.717, 1.165) is 24.6 Å². The van der Waals surface area contributed by atoms with Gasteiger partial charge in [-0.3, -0.25) is 0 Å². The van der Waals surface area contributed by atoms with Gasteiger partial charge in [0.05, 0.1) is 16.3 Å². The third kappa shape index (κ3) is 4.13. The van der Waals surface area contributed by atoms with Crippen molar-refractivity contribution in [1.82, 2.24) is 0 Å². The van der Waals surface area contributed by atoms with E-state index in [1.807, 2.05) is 0 Å². The summed E-state index contributed by atoms with van der Waals surface area (Å²) >= 11 is 6.05. The van der Waals surface area contributed by atoms with Crippen LogP contribution in [0.1, 0.15) is 48.9 Å². The zero-order valence-corrected chi connectivity index (χ0v) is 11.7. The highest BCUT2D eigenvalue weighted by Gasteiger charge is 2.14. The summed E-state index contributed by atoms with van der Waals surface area (Å²) in [6, 6.07) is 4.80. The van der Waals surface area contributed by atoms with Crippen LogP contribution < -0.4 is 5.32 Å². The number of nitrogens with one attached hydrogen (secondary N) is 1. The standard InChI is InChI=1S/C15H20ClNO2/c16-13-10-12(15(18)19)7-8-14(13)17-9-3-6-11-4-1-2-5-11/h7-8,10-11,17H,1-6,9H2,(H,18,19). The average Bonchev–Trinajstić information content (AvgIpc) is 2.89. The van der Waals surface area contributed by atoms with Crippen LogP contribution in [0.5, 0.6) is 0 Å². The van der Waals surface area contributed by atoms with E-state index in [1.54, 1.807) is 12.1 Å². The molecule has 2 N–H and O–H groups in total. The number of hydrogen-bond acceptors (Lipinski definition) is 2. The monoisotopic (exact) mass is 281 g/mol. The quantitative estimate of drug-likeness (QED) is 0.759. The van der Waals surface area contributed by atoms with Crippen LogP contribution in [0.25, 0.3) is 0 Å². The molecule has 0 aliphatic heterocycles. The number of carboxylic acid groups (broad SMARTS) is 1. The number of rotatable bonds is 6. The molecule has 1 aromatic carbocycles. The molecule has 1 aromatic rings. The van der Waals surface area contributed by atoms with E-state index in [2.05, 4.69) is 5.32 Å². The van der Waals surface area contributed by atoms with Crippen LogP contribution >= 0.6 is 11.6 Å². The molecule has 1 saturated carbocycles. The van der Waals surface area contributed by atoms with Crippen molar-refractivity contribution in [2.24, 2.45) is 5.92 Å². The maximum Gasteiger partial charge on any atom is 0.335 e. The predicted molar refractivity (Wildman–Crippen MR) is 78.1 cm³/mol. The lowest BCUT2D eigenvalue weighted by Gasteiger charge is -2.11. The first-order valence-corrected chi connectivity index (χ1v) is 7.31. The summed E-state index contributed by atoms with van der Waals surface area (Å²) in [6.07, 6.45) is 7.96. The molecule has 104 valence electrons. The first-order valence-electron chi connectivity index (χ1n) is 6.93. The van der Waals surface area contributed by atoms with Crippen molar-refractivity contribution < 1.29 is 9.90 Å². The molecule has 1 aliphatic rings. The van der Waals surface area contributed by atoms with Crippen molar-refractivity contribution in [3.8, 4) is 0 Å². The van der Waals surface area contributed by atoms with Gasteiger partial charge in [0.2, 0.25) is 0 Å². The summed E-state index contributed by atoms with van der Waals surface area (Å²) in [5.41, 5.74) is 1.04. The molecule has 0 unspecified atom stereocenters. The molecular formula is C15H20ClNO2. The second-order valence-electron chi connectivity index (χ2n) is 5.22. The Balaban J connectivity index is 1.77. The maximum absolute atomic E-state index is 10.8. The molecule has 3 nitrogen and oxygen atoms in total. The van der Waals surface area contributed by atoms with E-state index in [4.69, 9.17) is 16.7 Å². The summed E-state index contributed by atoms with van der Waals surface area (Å²) < 4.78 is 0. The zero-order chi connectivity index (χ0) is 13.7. The van der Waals surface area contributed by atoms with Crippen LogP contribution in [0.15, 0.2) is 18.2 Å². The van der Waals surface area contributed by atoms with E-state index < -0.39 is 5.97 Å². The van der Waals surface area contributed by atoms with Crippen LogP contribution in [0, 0.1) is 5.92 Å². The van der Waals surface area contributed by atoms with Gasteiger partial charge in [-0.25, -0.2) is 4.79 Å². The predicted octanol–water partition coefficient (Wildman–Crippen LogP) is 4.42. The summed E-state index contributed by atoms with van der Waals surface area (Å²) in [6.45, 7) is 0.892. The Bertz CT molecular complexity index is 442. The fourth-order valence-corrected chi connectivity index (χ4v) is 2.95. The summed E-state index contributed by atoms with van der Waals surface area (Å²) in [5.74, 6) is -0.0404. The number of carbonyl (C=O) groups is 1. The van der Waals surface area contributed by atoms with E-state index >= 15 is 0 Å². The molecule has 19 heavy (non-hydrogen) atoms. The molecule has 1 fully saturated rings. The molecule has 0 bridgehead atoms. The first kappa shape index (κ1) is 14.2. The van der Waals surface area contributed by atoms with E-state index in [9.17, 15) is 4.79 Å². The van der Waals surface area contributed by atoms with Crippen molar-refractivity contribution in [2.75, 3.05) is 11.9 Å². The number of carboxylic acids is 1. The number of anilines is 1. The van der Waals surface area contributed by atoms with Crippen LogP contribution in [0.2, 0.25) is 5.02 Å². The Kier molecular flexibility index (Phi) is 5.08. The molecule has 0 spiro atoms. The molecule has 4 heteroatoms. The average molecular weight is 282 g/mol. The molecule has 0 aromatic heterocycles. The van der Waals surface area contributed by atoms with E-state index in [-0.39, 0.29) is 5.56 Å². The number of halogens is 1. The van der Waals surface area contributed by atoms with Gasteiger partial charge in [0.1, 0.15) is 0 Å². The van der Waals surface area contributed by atoms with Crippen molar-refractivity contribution in [3.63, 3.8) is 0 Å². The molecule has 0 amide bonds. The lowest BCUT2D eigenvalue weighted by Crippen LogP contribution is -2.05. The third-order valence-corrected chi connectivity index (χ3v) is 4.11. The van der Waals surface area contributed by atoms with Gasteiger partial charge < -0.3 is 10.4 Å². The van der Waals surface area contributed by atoms with Crippen molar-refractivity contribution >= 4 is 23.3 Å². The molecule has 0 atom stereocenters. The molecule has 2 rings (SSSR count). The lowest BCUT2D eigenvalue weighted by molar-refractivity contribution is 0.0697. The Morgan fingerprint density at radius 3 is 2.74 bits per heavy atom. The van der Waals surface area contributed by atoms with Gasteiger partial charge in [-0.2, -0.15) is 0 Å². The topological polar surface area (TPSA) is 49.3 Å². The van der Waals surface area contributed by atoms with Crippen molar-refractivity contribution in [3.05, 3.63) is 28.8 Å². The lowest BCUT2D eigenvalue weighted by atomic mass is 10.0. The van der Waals surface area contributed by atoms with Crippen LogP contribution in [0.3, 0.4) is 0 Å². The van der Waals surface area contributed by atoms with Crippen molar-refractivity contribution in [2.45, 2.75) is 38.5 Å². The Morgan fingerprint density at radius 1 is 1.37 bits per heavy atom.